The molecule has 0 spiro atoms. The second kappa shape index (κ2) is 5.59. The van der Waals surface area contributed by atoms with Crippen LogP contribution in [-0.2, 0) is 6.54 Å². The van der Waals surface area contributed by atoms with Crippen LogP contribution in [0.15, 0.2) is 65.3 Å². The molecule has 0 bridgehead atoms. The van der Waals surface area contributed by atoms with Crippen LogP contribution in [0.2, 0.25) is 0 Å². The van der Waals surface area contributed by atoms with Crippen molar-refractivity contribution >= 4 is 0 Å². The van der Waals surface area contributed by atoms with Crippen LogP contribution in [0.25, 0.3) is 11.1 Å². The van der Waals surface area contributed by atoms with Gasteiger partial charge >= 0.3 is 6.08 Å². The molecule has 0 aliphatic heterocycles. The number of aromatic nitrogens is 1. The lowest BCUT2D eigenvalue weighted by molar-refractivity contribution is 0.331. The third-order valence-electron chi connectivity index (χ3n) is 2.91. The van der Waals surface area contributed by atoms with Gasteiger partial charge in [-0.15, -0.1) is 0 Å². The molecule has 0 atom stereocenters. The fourth-order valence-corrected chi connectivity index (χ4v) is 1.93. The molecule has 2 N–H and O–H groups in total. The number of oxazole rings is 1. The van der Waals surface area contributed by atoms with E-state index >= 15 is 0 Å². The highest BCUT2D eigenvalue weighted by atomic mass is 16.6. The van der Waals surface area contributed by atoms with E-state index < -0.39 is 0 Å². The molecule has 4 heteroatoms. The summed E-state index contributed by atoms with van der Waals surface area (Å²) < 4.78 is 11.0. The van der Waals surface area contributed by atoms with E-state index in [1.807, 2.05) is 54.6 Å². The molecule has 0 radical (unpaired) electrons. The normalized spacial score (nSPS) is 10.4. The Bertz CT molecular complexity index is 692. The Labute approximate surface area is 116 Å². The number of benzene rings is 2. The molecule has 0 unspecified atom stereocenters. The predicted octanol–water partition coefficient (Wildman–Crippen LogP) is 3.59. The summed E-state index contributed by atoms with van der Waals surface area (Å²) in [6.45, 7) is 0.327. The molecule has 0 saturated carbocycles. The zero-order valence-electron chi connectivity index (χ0n) is 10.8. The van der Waals surface area contributed by atoms with Gasteiger partial charge in [-0.3, -0.25) is 0 Å². The van der Waals surface area contributed by atoms with Crippen LogP contribution in [-0.4, -0.2) is 4.98 Å². The van der Waals surface area contributed by atoms with E-state index in [-0.39, 0.29) is 6.08 Å². The molecule has 0 saturated heterocycles. The van der Waals surface area contributed by atoms with Gasteiger partial charge in [-0.2, -0.15) is 4.98 Å². The monoisotopic (exact) mass is 266 g/mol. The van der Waals surface area contributed by atoms with E-state index in [1.165, 1.54) is 6.26 Å². The van der Waals surface area contributed by atoms with Crippen molar-refractivity contribution < 1.29 is 9.15 Å². The van der Waals surface area contributed by atoms with Gasteiger partial charge in [-0.25, -0.2) is 0 Å². The Morgan fingerprint density at radius 2 is 1.75 bits per heavy atom. The molecule has 1 heterocycles. The number of hydrogen-bond acceptors (Lipinski definition) is 4. The molecule has 0 aliphatic carbocycles. The van der Waals surface area contributed by atoms with Crippen LogP contribution >= 0.6 is 0 Å². The average molecular weight is 266 g/mol. The van der Waals surface area contributed by atoms with Crippen molar-refractivity contribution in [2.45, 2.75) is 6.54 Å². The fraction of sp³-hybridized carbons (Fsp3) is 0.0625. The highest BCUT2D eigenvalue weighted by molar-refractivity contribution is 5.70. The third kappa shape index (κ3) is 2.55. The summed E-state index contributed by atoms with van der Waals surface area (Å²) in [5, 5.41) is 0. The number of nitrogens with zero attached hydrogens (tertiary/aromatic N) is 1. The highest BCUT2D eigenvalue weighted by Gasteiger charge is 2.10. The predicted molar refractivity (Wildman–Crippen MR) is 76.3 cm³/mol. The van der Waals surface area contributed by atoms with Gasteiger partial charge in [-0.1, -0.05) is 48.5 Å². The minimum Gasteiger partial charge on any atom is -0.417 e. The zero-order chi connectivity index (χ0) is 13.8. The molecule has 4 nitrogen and oxygen atoms in total. The van der Waals surface area contributed by atoms with Crippen LogP contribution in [0, 0.1) is 0 Å². The summed E-state index contributed by atoms with van der Waals surface area (Å²) in [4.78, 5) is 4.14. The maximum Gasteiger partial charge on any atom is 0.399 e. The van der Waals surface area contributed by atoms with Crippen molar-refractivity contribution in [1.29, 1.82) is 0 Å². The quantitative estimate of drug-likeness (QED) is 0.783. The Morgan fingerprint density at radius 3 is 2.50 bits per heavy atom. The van der Waals surface area contributed by atoms with E-state index in [1.54, 1.807) is 0 Å². The van der Waals surface area contributed by atoms with Crippen molar-refractivity contribution in [3.05, 3.63) is 66.6 Å². The van der Waals surface area contributed by atoms with Gasteiger partial charge in [0.15, 0.2) is 0 Å². The molecule has 3 rings (SSSR count). The molecule has 0 amide bonds. The Morgan fingerprint density at radius 1 is 1.00 bits per heavy atom. The van der Waals surface area contributed by atoms with Crippen LogP contribution < -0.4 is 10.5 Å². The summed E-state index contributed by atoms with van der Waals surface area (Å²) in [6, 6.07) is 17.8. The standard InChI is InChI=1S/C16H14N2O2/c17-10-13-11-19-16(18-13)20-15-9-5-4-8-14(15)12-6-2-1-3-7-12/h1-9,11H,10,17H2. The van der Waals surface area contributed by atoms with Gasteiger partial charge in [0.25, 0.3) is 0 Å². The molecule has 1 aromatic heterocycles. The molecular weight excluding hydrogens is 252 g/mol. The van der Waals surface area contributed by atoms with Gasteiger partial charge in [-0.05, 0) is 11.6 Å². The summed E-state index contributed by atoms with van der Waals surface area (Å²) in [6.07, 6.45) is 1.70. The first kappa shape index (κ1) is 12.4. The summed E-state index contributed by atoms with van der Waals surface area (Å²) in [5.41, 5.74) is 8.23. The van der Waals surface area contributed by atoms with E-state index in [0.29, 0.717) is 18.0 Å². The minimum atomic E-state index is 0.203. The summed E-state index contributed by atoms with van der Waals surface area (Å²) in [5.74, 6) is 0.698. The Kier molecular flexibility index (Phi) is 3.48. The number of nitrogens with two attached hydrogens (primary N) is 1. The van der Waals surface area contributed by atoms with Crippen LogP contribution in [0.4, 0.5) is 0 Å². The second-order valence-corrected chi connectivity index (χ2v) is 4.27. The lowest BCUT2D eigenvalue weighted by atomic mass is 10.1. The minimum absolute atomic E-state index is 0.203. The first-order valence-electron chi connectivity index (χ1n) is 6.33. The summed E-state index contributed by atoms with van der Waals surface area (Å²) in [7, 11) is 0. The van der Waals surface area contributed by atoms with Crippen molar-refractivity contribution in [3.8, 4) is 23.0 Å². The topological polar surface area (TPSA) is 61.3 Å². The molecule has 3 aromatic rings. The van der Waals surface area contributed by atoms with Crippen molar-refractivity contribution in [1.82, 2.24) is 4.98 Å². The molecule has 0 fully saturated rings. The van der Waals surface area contributed by atoms with Gasteiger partial charge in [0, 0.05) is 12.1 Å². The van der Waals surface area contributed by atoms with Crippen LogP contribution in [0.3, 0.4) is 0 Å². The summed E-state index contributed by atoms with van der Waals surface area (Å²) >= 11 is 0. The number of para-hydroxylation sites is 1. The van der Waals surface area contributed by atoms with E-state index in [9.17, 15) is 0 Å². The van der Waals surface area contributed by atoms with E-state index in [0.717, 1.165) is 11.1 Å². The molecule has 0 aliphatic rings. The van der Waals surface area contributed by atoms with Crippen molar-refractivity contribution in [3.63, 3.8) is 0 Å². The lowest BCUT2D eigenvalue weighted by Crippen LogP contribution is -1.96. The molecule has 2 aromatic carbocycles. The Balaban J connectivity index is 1.94. The van der Waals surface area contributed by atoms with Crippen LogP contribution in [0.5, 0.6) is 11.8 Å². The van der Waals surface area contributed by atoms with Crippen molar-refractivity contribution in [2.24, 2.45) is 5.73 Å². The largest absolute Gasteiger partial charge is 0.417 e. The van der Waals surface area contributed by atoms with E-state index in [2.05, 4.69) is 4.98 Å². The third-order valence-corrected chi connectivity index (χ3v) is 2.91. The molecule has 20 heavy (non-hydrogen) atoms. The smallest absolute Gasteiger partial charge is 0.399 e. The van der Waals surface area contributed by atoms with Gasteiger partial charge in [0.1, 0.15) is 12.0 Å². The second-order valence-electron chi connectivity index (χ2n) is 4.27. The molecule has 100 valence electrons. The maximum atomic E-state index is 5.71. The first-order chi connectivity index (χ1) is 9.86. The van der Waals surface area contributed by atoms with Crippen molar-refractivity contribution in [2.75, 3.05) is 0 Å². The fourth-order valence-electron chi connectivity index (χ4n) is 1.93. The SMILES string of the molecule is NCc1coc(Oc2ccccc2-c2ccccc2)n1. The van der Waals surface area contributed by atoms with Gasteiger partial charge in [0.05, 0.1) is 5.69 Å². The molecular formula is C16H14N2O2. The van der Waals surface area contributed by atoms with E-state index in [4.69, 9.17) is 14.9 Å². The number of ether oxygens (including phenoxy) is 1. The first-order valence-corrected chi connectivity index (χ1v) is 6.33. The zero-order valence-corrected chi connectivity index (χ0v) is 10.8. The van der Waals surface area contributed by atoms with Gasteiger partial charge < -0.3 is 14.9 Å². The van der Waals surface area contributed by atoms with Gasteiger partial charge in [0.2, 0.25) is 0 Å². The number of hydrogen-bond donors (Lipinski definition) is 1. The van der Waals surface area contributed by atoms with Crippen LogP contribution in [0.1, 0.15) is 5.69 Å². The average Bonchev–Trinajstić information content (AvgIpc) is 2.96. The lowest BCUT2D eigenvalue weighted by Gasteiger charge is -2.08. The Hall–Kier alpha value is -2.59. The number of rotatable bonds is 4. The highest BCUT2D eigenvalue weighted by Crippen LogP contribution is 2.32. The maximum absolute atomic E-state index is 5.71.